The zero-order valence-corrected chi connectivity index (χ0v) is 46.7. The SMILES string of the molecule is CCC.CCc1cccc2cc(O)cc(-c3ncc4c(N5CC6CCC(C5)N6)nc(OCCN5CCC6CN(c7cc(CC(=O)N8CCCC8C)on7)CC6C5)nc4c3F)c12.Cc1ncsc1-c1ccc(C(C)NC=O)cc1. The summed E-state index contributed by atoms with van der Waals surface area (Å²) in [4.78, 5) is 52.0. The Balaban J connectivity index is 0.000000290. The first kappa shape index (κ1) is 54.6. The van der Waals surface area contributed by atoms with E-state index in [2.05, 4.69) is 75.3 Å². The number of pyridine rings is 1. The normalized spacial score (nSPS) is 21.2. The molecule has 16 nitrogen and oxygen atoms in total. The Hall–Kier alpha value is -6.76. The summed E-state index contributed by atoms with van der Waals surface area (Å²) in [7, 11) is 0. The number of phenolic OH excluding ortho intramolecular Hbond substituents is 1. The van der Waals surface area contributed by atoms with Gasteiger partial charge in [0.05, 0.1) is 33.9 Å². The van der Waals surface area contributed by atoms with Crippen LogP contribution in [-0.2, 0) is 22.4 Å². The molecule has 2 bridgehead atoms. The van der Waals surface area contributed by atoms with Gasteiger partial charge in [0, 0.05) is 81.8 Å². The highest BCUT2D eigenvalue weighted by Crippen LogP contribution is 2.40. The van der Waals surface area contributed by atoms with Crippen molar-refractivity contribution in [2.75, 3.05) is 68.8 Å². The molecular weight excluding hydrogens is 1010 g/mol. The number of amides is 2. The summed E-state index contributed by atoms with van der Waals surface area (Å²) in [6.45, 7) is 19.5. The highest BCUT2D eigenvalue weighted by atomic mass is 32.1. The van der Waals surface area contributed by atoms with Gasteiger partial charge in [0.25, 0.3) is 0 Å². The van der Waals surface area contributed by atoms with Crippen LogP contribution in [-0.4, -0.2) is 129 Å². The molecular formula is C60H74FN11O5S. The van der Waals surface area contributed by atoms with Crippen LogP contribution < -0.4 is 25.2 Å². The maximum absolute atomic E-state index is 17.0. The fourth-order valence-corrected chi connectivity index (χ4v) is 13.0. The number of aromatic nitrogens is 5. The molecule has 412 valence electrons. The topological polar surface area (TPSA) is 178 Å². The molecule has 3 N–H and O–H groups in total. The summed E-state index contributed by atoms with van der Waals surface area (Å²) in [5.74, 6) is 2.74. The Labute approximate surface area is 460 Å². The molecule has 18 heteroatoms. The van der Waals surface area contributed by atoms with E-state index < -0.39 is 5.82 Å². The van der Waals surface area contributed by atoms with E-state index in [0.29, 0.717) is 59.6 Å². The number of nitrogens with zero attached hydrogens (tertiary/aromatic N) is 9. The van der Waals surface area contributed by atoms with Crippen LogP contribution in [0.4, 0.5) is 16.0 Å². The van der Waals surface area contributed by atoms with Crippen molar-refractivity contribution < 1.29 is 28.3 Å². The summed E-state index contributed by atoms with van der Waals surface area (Å²) in [5, 5.41) is 23.7. The van der Waals surface area contributed by atoms with E-state index in [9.17, 15) is 14.7 Å². The van der Waals surface area contributed by atoms with Gasteiger partial charge in [0.2, 0.25) is 12.3 Å². The van der Waals surface area contributed by atoms with Crippen molar-refractivity contribution >= 4 is 57.0 Å². The van der Waals surface area contributed by atoms with Crippen LogP contribution in [0, 0.1) is 24.6 Å². The lowest BCUT2D eigenvalue weighted by Gasteiger charge is -2.34. The third-order valence-electron chi connectivity index (χ3n) is 16.2. The fraction of sp³-hybridized carbons (Fsp3) is 0.483. The van der Waals surface area contributed by atoms with Crippen LogP contribution in [0.5, 0.6) is 11.8 Å². The summed E-state index contributed by atoms with van der Waals surface area (Å²) in [6, 6.07) is 20.6. The molecule has 6 unspecified atom stereocenters. The van der Waals surface area contributed by atoms with Gasteiger partial charge >= 0.3 is 6.01 Å². The maximum Gasteiger partial charge on any atom is 0.319 e. The second-order valence-electron chi connectivity index (χ2n) is 21.8. The average Bonchev–Trinajstić information content (AvgIpc) is 4.39. The summed E-state index contributed by atoms with van der Waals surface area (Å²) >= 11 is 1.64. The molecule has 2 amide bonds. The van der Waals surface area contributed by atoms with E-state index in [1.54, 1.807) is 29.7 Å². The zero-order chi connectivity index (χ0) is 54.5. The number of piperazine rings is 1. The Morgan fingerprint density at radius 3 is 2.46 bits per heavy atom. The first-order valence-electron chi connectivity index (χ1n) is 28.1. The Morgan fingerprint density at radius 1 is 0.962 bits per heavy atom. The van der Waals surface area contributed by atoms with E-state index in [1.165, 1.54) is 16.9 Å². The Kier molecular flexibility index (Phi) is 17.1. The zero-order valence-electron chi connectivity index (χ0n) is 45.9. The molecule has 78 heavy (non-hydrogen) atoms. The van der Waals surface area contributed by atoms with Crippen molar-refractivity contribution in [3.05, 3.63) is 101 Å². The number of aryl methyl sites for hydroxylation is 2. The highest BCUT2D eigenvalue weighted by molar-refractivity contribution is 7.13. The number of hydrogen-bond acceptors (Lipinski definition) is 15. The van der Waals surface area contributed by atoms with Gasteiger partial charge in [-0.3, -0.25) is 19.5 Å². The number of hydrogen-bond donors (Lipinski definition) is 3. The van der Waals surface area contributed by atoms with E-state index in [4.69, 9.17) is 24.2 Å². The largest absolute Gasteiger partial charge is 0.508 e. The van der Waals surface area contributed by atoms with Crippen LogP contribution in [0.15, 0.2) is 76.9 Å². The number of likely N-dealkylation sites (tertiary alicyclic amines) is 2. The molecule has 0 saturated carbocycles. The van der Waals surface area contributed by atoms with E-state index in [1.807, 2.05) is 60.7 Å². The smallest absolute Gasteiger partial charge is 0.319 e. The number of piperidine rings is 1. The molecule has 5 aliphatic heterocycles. The van der Waals surface area contributed by atoms with Crippen LogP contribution in [0.25, 0.3) is 43.4 Å². The van der Waals surface area contributed by atoms with Crippen molar-refractivity contribution in [1.29, 1.82) is 0 Å². The summed E-state index contributed by atoms with van der Waals surface area (Å²) in [6.07, 6.45) is 10.1. The molecule has 5 saturated heterocycles. The summed E-state index contributed by atoms with van der Waals surface area (Å²) < 4.78 is 29.0. The second kappa shape index (κ2) is 24.5. The van der Waals surface area contributed by atoms with Crippen molar-refractivity contribution in [2.45, 2.75) is 117 Å². The molecule has 4 aromatic heterocycles. The average molecular weight is 1080 g/mol. The quantitative estimate of drug-likeness (QED) is 0.0877. The third-order valence-corrected chi connectivity index (χ3v) is 17.2. The first-order valence-corrected chi connectivity index (χ1v) is 29.0. The molecule has 7 aromatic rings. The molecule has 0 spiro atoms. The van der Waals surface area contributed by atoms with Crippen molar-refractivity contribution in [2.24, 2.45) is 11.8 Å². The van der Waals surface area contributed by atoms with Gasteiger partial charge in [-0.1, -0.05) is 74.8 Å². The van der Waals surface area contributed by atoms with Gasteiger partial charge < -0.3 is 39.7 Å². The number of anilines is 2. The van der Waals surface area contributed by atoms with Crippen molar-refractivity contribution in [1.82, 2.24) is 45.5 Å². The number of ether oxygens (including phenoxy) is 1. The van der Waals surface area contributed by atoms with Crippen molar-refractivity contribution in [3.63, 3.8) is 0 Å². The number of fused-ring (bicyclic) bond motifs is 5. The standard InChI is InChI=1S/C44H52FN9O4.C13H14N2OS.C3H8/c1-3-27-7-4-8-28-16-33(55)17-35(39(27)28)41-40(45)42-36(20-46-41)43(53-24-31-9-10-32(25-53)47-31)49-44(48-42)57-15-14-51-13-11-29-22-52(23-30(29)21-51)37-18-34(58-50-37)19-38(56)54-12-5-6-26(54)2;1-9(14-7-16)11-3-5-12(6-4-11)13-10(2)15-8-17-13;1-3-2/h4,7-8,16-18,20,26,29-32,47,55H,3,5-6,9-15,19,21-25H2,1-2H3;3-9H,1-2H3,(H,14,16);3H2,1-2H3. The minimum Gasteiger partial charge on any atom is -0.508 e. The van der Waals surface area contributed by atoms with E-state index in [-0.39, 0.29) is 47.4 Å². The van der Waals surface area contributed by atoms with Gasteiger partial charge in [-0.2, -0.15) is 9.97 Å². The van der Waals surface area contributed by atoms with Crippen LogP contribution in [0.2, 0.25) is 0 Å². The minimum absolute atomic E-state index is 0.0455. The number of nitrogens with one attached hydrogen (secondary N) is 2. The summed E-state index contributed by atoms with van der Waals surface area (Å²) in [5.41, 5.74) is 7.08. The van der Waals surface area contributed by atoms with Gasteiger partial charge in [-0.05, 0) is 117 Å². The third kappa shape index (κ3) is 12.0. The number of carbonyl (C=O) groups excluding carboxylic acids is 2. The number of carbonyl (C=O) groups is 2. The van der Waals surface area contributed by atoms with Gasteiger partial charge in [-0.25, -0.2) is 9.37 Å². The monoisotopic (exact) mass is 1080 g/mol. The van der Waals surface area contributed by atoms with Crippen molar-refractivity contribution in [3.8, 4) is 33.5 Å². The predicted molar refractivity (Wildman–Crippen MR) is 306 cm³/mol. The second-order valence-corrected chi connectivity index (χ2v) is 22.6. The van der Waals surface area contributed by atoms with Gasteiger partial charge in [-0.15, -0.1) is 11.3 Å². The molecule has 5 aliphatic rings. The van der Waals surface area contributed by atoms with Gasteiger partial charge in [0.15, 0.2) is 11.6 Å². The van der Waals surface area contributed by atoms with E-state index >= 15 is 4.39 Å². The fourth-order valence-electron chi connectivity index (χ4n) is 12.1. The lowest BCUT2D eigenvalue weighted by molar-refractivity contribution is -0.131. The molecule has 0 aliphatic carbocycles. The van der Waals surface area contributed by atoms with Gasteiger partial charge in [0.1, 0.15) is 35.1 Å². The van der Waals surface area contributed by atoms with Crippen LogP contribution in [0.3, 0.4) is 0 Å². The Bertz CT molecular complexity index is 3200. The number of aromatic hydroxyl groups is 1. The number of benzene rings is 3. The number of halogens is 1. The highest BCUT2D eigenvalue weighted by Gasteiger charge is 2.39. The predicted octanol–water partition coefficient (Wildman–Crippen LogP) is 9.91. The molecule has 0 radical (unpaired) electrons. The molecule has 5 fully saturated rings. The lowest BCUT2D eigenvalue weighted by Crippen LogP contribution is -2.51. The number of phenols is 1. The first-order chi connectivity index (χ1) is 37.9. The molecule has 12 rings (SSSR count). The maximum atomic E-state index is 17.0. The van der Waals surface area contributed by atoms with Crippen LogP contribution in [0.1, 0.15) is 102 Å². The van der Waals surface area contributed by atoms with Crippen LogP contribution >= 0.6 is 11.3 Å². The lowest BCUT2D eigenvalue weighted by atomic mass is 9.89. The minimum atomic E-state index is -0.554. The molecule has 9 heterocycles. The number of rotatable bonds is 14. The molecule has 6 atom stereocenters. The molecule has 3 aromatic carbocycles. The number of thiazole rings is 1. The van der Waals surface area contributed by atoms with E-state index in [0.717, 1.165) is 124 Å². The Morgan fingerprint density at radius 2 is 1.74 bits per heavy atom.